The highest BCUT2D eigenvalue weighted by Gasteiger charge is 2.13. The fraction of sp³-hybridized carbons (Fsp3) is 0.462. The third-order valence-electron chi connectivity index (χ3n) is 2.42. The summed E-state index contributed by atoms with van der Waals surface area (Å²) in [6.07, 6.45) is -1.83. The Labute approximate surface area is 106 Å². The Bertz CT molecular complexity index is 377. The van der Waals surface area contributed by atoms with Crippen molar-refractivity contribution in [2.45, 2.75) is 39.5 Å². The predicted octanol–water partition coefficient (Wildman–Crippen LogP) is 3.57. The molecule has 0 saturated heterocycles. The van der Waals surface area contributed by atoms with E-state index in [1.165, 1.54) is 6.07 Å². The maximum Gasteiger partial charge on any atom is 0.503 e. The Morgan fingerprint density at radius 3 is 1.39 bits per heavy atom. The van der Waals surface area contributed by atoms with E-state index in [-0.39, 0.29) is 23.3 Å². The average molecular weight is 256 g/mol. The lowest BCUT2D eigenvalue weighted by Gasteiger charge is -2.14. The Hall–Kier alpha value is -1.91. The Balaban J connectivity index is 0.000000631. The second kappa shape index (κ2) is 6.74. The first-order valence-electron chi connectivity index (χ1n) is 5.64. The Kier molecular flexibility index (Phi) is 6.02. The minimum atomic E-state index is -1.83. The van der Waals surface area contributed by atoms with Gasteiger partial charge in [0.25, 0.3) is 0 Å². The molecule has 5 nitrogen and oxygen atoms in total. The molecule has 0 amide bonds. The highest BCUT2D eigenvalue weighted by molar-refractivity contribution is 5.53. The van der Waals surface area contributed by atoms with E-state index in [2.05, 4.69) is 0 Å². The van der Waals surface area contributed by atoms with Gasteiger partial charge in [0.15, 0.2) is 0 Å². The van der Waals surface area contributed by atoms with Crippen molar-refractivity contribution in [3.05, 3.63) is 23.3 Å². The molecule has 5 heteroatoms. The Morgan fingerprint density at radius 2 is 1.17 bits per heavy atom. The molecule has 0 radical (unpaired) electrons. The van der Waals surface area contributed by atoms with E-state index in [0.29, 0.717) is 0 Å². The summed E-state index contributed by atoms with van der Waals surface area (Å²) in [7, 11) is 0. The molecule has 0 aromatic heterocycles. The molecule has 0 aliphatic carbocycles. The number of hydrogen-bond acceptors (Lipinski definition) is 3. The van der Waals surface area contributed by atoms with Crippen LogP contribution in [0.2, 0.25) is 0 Å². The lowest BCUT2D eigenvalue weighted by molar-refractivity contribution is 0.137. The zero-order valence-corrected chi connectivity index (χ0v) is 11.0. The van der Waals surface area contributed by atoms with Crippen LogP contribution in [-0.4, -0.2) is 26.6 Å². The van der Waals surface area contributed by atoms with Crippen LogP contribution in [0.1, 0.15) is 50.7 Å². The van der Waals surface area contributed by atoms with Crippen molar-refractivity contribution in [1.82, 2.24) is 0 Å². The highest BCUT2D eigenvalue weighted by atomic mass is 16.6. The molecule has 4 N–H and O–H groups in total. The van der Waals surface area contributed by atoms with Crippen LogP contribution >= 0.6 is 0 Å². The van der Waals surface area contributed by atoms with Crippen molar-refractivity contribution in [3.8, 4) is 11.5 Å². The van der Waals surface area contributed by atoms with E-state index in [0.717, 1.165) is 11.1 Å². The molecule has 0 aliphatic rings. The molecule has 0 heterocycles. The minimum absolute atomic E-state index is 0.182. The topological polar surface area (TPSA) is 98.0 Å². The van der Waals surface area contributed by atoms with Crippen LogP contribution in [0.15, 0.2) is 12.1 Å². The van der Waals surface area contributed by atoms with Crippen molar-refractivity contribution in [2.75, 3.05) is 0 Å². The SMILES string of the molecule is CC(C)c1cc(C(C)C)c(O)cc1O.O=C(O)O. The molecule has 0 fully saturated rings. The number of carbonyl (C=O) groups is 1. The van der Waals surface area contributed by atoms with Gasteiger partial charge in [0.05, 0.1) is 0 Å². The highest BCUT2D eigenvalue weighted by Crippen LogP contribution is 2.35. The molecule has 0 saturated carbocycles. The lowest BCUT2D eigenvalue weighted by atomic mass is 9.94. The number of benzene rings is 1. The normalized spacial score (nSPS) is 10.1. The van der Waals surface area contributed by atoms with Crippen molar-refractivity contribution in [2.24, 2.45) is 0 Å². The van der Waals surface area contributed by atoms with Gasteiger partial charge in [0, 0.05) is 6.07 Å². The molecule has 0 spiro atoms. The van der Waals surface area contributed by atoms with Crippen molar-refractivity contribution >= 4 is 6.16 Å². The van der Waals surface area contributed by atoms with E-state index in [4.69, 9.17) is 15.0 Å². The summed E-state index contributed by atoms with van der Waals surface area (Å²) in [6.45, 7) is 8.10. The maximum atomic E-state index is 9.61. The largest absolute Gasteiger partial charge is 0.508 e. The van der Waals surface area contributed by atoms with Gasteiger partial charge in [-0.05, 0) is 29.0 Å². The van der Waals surface area contributed by atoms with E-state index in [9.17, 15) is 10.2 Å². The summed E-state index contributed by atoms with van der Waals surface area (Å²) in [5.74, 6) is 0.907. The van der Waals surface area contributed by atoms with Gasteiger partial charge in [0.2, 0.25) is 0 Å². The first-order chi connectivity index (χ1) is 8.16. The van der Waals surface area contributed by atoms with Crippen LogP contribution in [0.4, 0.5) is 4.79 Å². The minimum Gasteiger partial charge on any atom is -0.508 e. The van der Waals surface area contributed by atoms with Crippen molar-refractivity contribution < 1.29 is 25.2 Å². The van der Waals surface area contributed by atoms with Gasteiger partial charge >= 0.3 is 6.16 Å². The first-order valence-corrected chi connectivity index (χ1v) is 5.64. The smallest absolute Gasteiger partial charge is 0.503 e. The molecule has 18 heavy (non-hydrogen) atoms. The predicted molar refractivity (Wildman–Crippen MR) is 68.6 cm³/mol. The first kappa shape index (κ1) is 16.1. The van der Waals surface area contributed by atoms with Crippen molar-refractivity contribution in [1.29, 1.82) is 0 Å². The van der Waals surface area contributed by atoms with Crippen LogP contribution in [0.5, 0.6) is 11.5 Å². The van der Waals surface area contributed by atoms with Gasteiger partial charge in [-0.3, -0.25) is 0 Å². The van der Waals surface area contributed by atoms with Gasteiger partial charge in [-0.15, -0.1) is 0 Å². The quantitative estimate of drug-likeness (QED) is 0.648. The summed E-state index contributed by atoms with van der Waals surface area (Å²) in [5, 5.41) is 33.2. The van der Waals surface area contributed by atoms with Gasteiger partial charge in [-0.2, -0.15) is 0 Å². The van der Waals surface area contributed by atoms with Crippen LogP contribution < -0.4 is 0 Å². The van der Waals surface area contributed by atoms with Gasteiger partial charge < -0.3 is 20.4 Å². The second-order valence-electron chi connectivity index (χ2n) is 4.56. The maximum absolute atomic E-state index is 9.61. The molecular weight excluding hydrogens is 236 g/mol. The third-order valence-corrected chi connectivity index (χ3v) is 2.42. The number of phenolic OH excluding ortho intramolecular Hbond substituents is 2. The van der Waals surface area contributed by atoms with Gasteiger partial charge in [0.1, 0.15) is 11.5 Å². The van der Waals surface area contributed by atoms with Crippen LogP contribution in [-0.2, 0) is 0 Å². The number of hydrogen-bond donors (Lipinski definition) is 4. The fourth-order valence-corrected chi connectivity index (χ4v) is 1.54. The summed E-state index contributed by atoms with van der Waals surface area (Å²) in [4.78, 5) is 8.56. The number of rotatable bonds is 2. The number of phenols is 2. The van der Waals surface area contributed by atoms with Gasteiger partial charge in [-0.25, -0.2) is 4.79 Å². The number of aromatic hydroxyl groups is 2. The molecular formula is C13H20O5. The molecule has 102 valence electrons. The zero-order chi connectivity index (χ0) is 14.5. The van der Waals surface area contributed by atoms with Gasteiger partial charge in [-0.1, -0.05) is 27.7 Å². The summed E-state index contributed by atoms with van der Waals surface area (Å²) in [5.41, 5.74) is 1.79. The lowest BCUT2D eigenvalue weighted by Crippen LogP contribution is -1.94. The average Bonchev–Trinajstić information content (AvgIpc) is 2.14. The van der Waals surface area contributed by atoms with E-state index >= 15 is 0 Å². The molecule has 0 aliphatic heterocycles. The third kappa shape index (κ3) is 4.95. The van der Waals surface area contributed by atoms with Crippen molar-refractivity contribution in [3.63, 3.8) is 0 Å². The fourth-order valence-electron chi connectivity index (χ4n) is 1.54. The number of carboxylic acid groups (broad SMARTS) is 2. The molecule has 1 aromatic carbocycles. The van der Waals surface area contributed by atoms with Crippen LogP contribution in [0.3, 0.4) is 0 Å². The standard InChI is InChI=1S/C12H18O2.CH2O3/c1-7(2)9-5-10(8(3)4)12(14)6-11(9)13;2-1(3)4/h5-8,13-14H,1-4H3;(H2,2,3,4). The molecule has 0 unspecified atom stereocenters. The molecule has 0 atom stereocenters. The van der Waals surface area contributed by atoms with E-state index in [1.807, 2.05) is 33.8 Å². The van der Waals surface area contributed by atoms with E-state index < -0.39 is 6.16 Å². The second-order valence-corrected chi connectivity index (χ2v) is 4.56. The van der Waals surface area contributed by atoms with E-state index in [1.54, 1.807) is 0 Å². The monoisotopic (exact) mass is 256 g/mol. The summed E-state index contributed by atoms with van der Waals surface area (Å²) < 4.78 is 0. The zero-order valence-electron chi connectivity index (χ0n) is 11.0. The molecule has 1 rings (SSSR count). The summed E-state index contributed by atoms with van der Waals surface area (Å²) in [6, 6.07) is 3.32. The molecule has 0 bridgehead atoms. The van der Waals surface area contributed by atoms with Crippen LogP contribution in [0.25, 0.3) is 0 Å². The summed E-state index contributed by atoms with van der Waals surface area (Å²) >= 11 is 0. The molecule has 1 aromatic rings. The van der Waals surface area contributed by atoms with Crippen LogP contribution in [0, 0.1) is 0 Å². The Morgan fingerprint density at radius 1 is 0.889 bits per heavy atom.